The van der Waals surface area contributed by atoms with Gasteiger partial charge in [0, 0.05) is 18.8 Å². The van der Waals surface area contributed by atoms with Crippen molar-refractivity contribution in [1.29, 1.82) is 0 Å². The average Bonchev–Trinajstić information content (AvgIpc) is 3.12. The van der Waals surface area contributed by atoms with Crippen LogP contribution in [0.1, 0.15) is 27.8 Å². The largest absolute Gasteiger partial charge is 0.371 e. The van der Waals surface area contributed by atoms with Gasteiger partial charge in [0.15, 0.2) is 5.69 Å². The summed E-state index contributed by atoms with van der Waals surface area (Å²) < 4.78 is 5.74. The molecule has 138 valence electrons. The van der Waals surface area contributed by atoms with Gasteiger partial charge in [-0.15, -0.1) is 5.10 Å². The van der Waals surface area contributed by atoms with Gasteiger partial charge in [-0.05, 0) is 36.8 Å². The van der Waals surface area contributed by atoms with Crippen molar-refractivity contribution in [2.45, 2.75) is 13.0 Å². The minimum absolute atomic E-state index is 0.0523. The highest BCUT2D eigenvalue weighted by atomic mass is 16.5. The van der Waals surface area contributed by atoms with Crippen molar-refractivity contribution >= 4 is 11.6 Å². The minimum Gasteiger partial charge on any atom is -0.371 e. The molecule has 2 N–H and O–H groups in total. The van der Waals surface area contributed by atoms with Crippen molar-refractivity contribution in [2.24, 2.45) is 0 Å². The van der Waals surface area contributed by atoms with Crippen molar-refractivity contribution in [3.8, 4) is 5.69 Å². The quantitative estimate of drug-likeness (QED) is 0.744. The van der Waals surface area contributed by atoms with Gasteiger partial charge in [-0.1, -0.05) is 30.3 Å². The Labute approximate surface area is 157 Å². The number of nitrogens with zero attached hydrogens (tertiary/aromatic N) is 3. The summed E-state index contributed by atoms with van der Waals surface area (Å²) in [6.45, 7) is 4.17. The number of carbonyl (C=O) groups is 1. The molecule has 0 aliphatic carbocycles. The predicted octanol–water partition coefficient (Wildman–Crippen LogP) is 2.49. The summed E-state index contributed by atoms with van der Waals surface area (Å²) in [5.41, 5.74) is 3.50. The van der Waals surface area contributed by atoms with E-state index in [1.54, 1.807) is 6.92 Å². The standard InChI is InChI=1S/C20H21N5O2/c1-14-19(24-25(23-14)17-5-3-2-4-6-17)20(26)22-16-9-7-15(8-10-16)18-13-21-11-12-27-18/h2-10,18,21H,11-13H2,1H3,(H,22,26). The van der Waals surface area contributed by atoms with Crippen LogP contribution >= 0.6 is 0 Å². The van der Waals surface area contributed by atoms with E-state index in [4.69, 9.17) is 4.74 Å². The van der Waals surface area contributed by atoms with E-state index in [1.807, 2.05) is 54.6 Å². The van der Waals surface area contributed by atoms with E-state index < -0.39 is 0 Å². The summed E-state index contributed by atoms with van der Waals surface area (Å²) in [7, 11) is 0. The number of amides is 1. The van der Waals surface area contributed by atoms with E-state index >= 15 is 0 Å². The SMILES string of the molecule is Cc1nn(-c2ccccc2)nc1C(=O)Nc1ccc(C2CNCCO2)cc1. The molecule has 7 nitrogen and oxygen atoms in total. The number of ether oxygens (including phenoxy) is 1. The molecular weight excluding hydrogens is 342 g/mol. The zero-order valence-corrected chi connectivity index (χ0v) is 15.1. The number of para-hydroxylation sites is 1. The topological polar surface area (TPSA) is 81.1 Å². The maximum Gasteiger partial charge on any atom is 0.278 e. The monoisotopic (exact) mass is 363 g/mol. The lowest BCUT2D eigenvalue weighted by atomic mass is 10.1. The highest BCUT2D eigenvalue weighted by molar-refractivity contribution is 6.03. The second kappa shape index (κ2) is 7.69. The van der Waals surface area contributed by atoms with Gasteiger partial charge in [0.25, 0.3) is 5.91 Å². The molecule has 0 saturated carbocycles. The van der Waals surface area contributed by atoms with Crippen LogP contribution in [0.2, 0.25) is 0 Å². The first-order valence-corrected chi connectivity index (χ1v) is 8.94. The molecule has 1 amide bonds. The van der Waals surface area contributed by atoms with Crippen LogP contribution in [0.15, 0.2) is 54.6 Å². The molecule has 1 aliphatic heterocycles. The Morgan fingerprint density at radius 2 is 1.93 bits per heavy atom. The molecule has 3 aromatic rings. The highest BCUT2D eigenvalue weighted by Gasteiger charge is 2.18. The molecule has 1 fully saturated rings. The predicted molar refractivity (Wildman–Crippen MR) is 102 cm³/mol. The molecule has 1 unspecified atom stereocenters. The Kier molecular flexibility index (Phi) is 4.95. The minimum atomic E-state index is -0.280. The van der Waals surface area contributed by atoms with Crippen LogP contribution in [0.25, 0.3) is 5.69 Å². The van der Waals surface area contributed by atoms with Gasteiger partial charge in [-0.3, -0.25) is 4.79 Å². The zero-order valence-electron chi connectivity index (χ0n) is 15.1. The fourth-order valence-electron chi connectivity index (χ4n) is 3.02. The third kappa shape index (κ3) is 3.89. The van der Waals surface area contributed by atoms with Crippen LogP contribution in [0.3, 0.4) is 0 Å². The number of benzene rings is 2. The summed E-state index contributed by atoms with van der Waals surface area (Å²) >= 11 is 0. The van der Waals surface area contributed by atoms with Gasteiger partial charge < -0.3 is 15.4 Å². The number of rotatable bonds is 4. The van der Waals surface area contributed by atoms with Crippen molar-refractivity contribution in [2.75, 3.05) is 25.0 Å². The summed E-state index contributed by atoms with van der Waals surface area (Å²) in [5.74, 6) is -0.280. The van der Waals surface area contributed by atoms with Gasteiger partial charge >= 0.3 is 0 Å². The van der Waals surface area contributed by atoms with Gasteiger partial charge in [0.2, 0.25) is 0 Å². The van der Waals surface area contributed by atoms with Crippen molar-refractivity contribution in [3.63, 3.8) is 0 Å². The van der Waals surface area contributed by atoms with E-state index in [1.165, 1.54) is 4.80 Å². The zero-order chi connectivity index (χ0) is 18.6. The van der Waals surface area contributed by atoms with Crippen LogP contribution in [-0.2, 0) is 4.74 Å². The van der Waals surface area contributed by atoms with Crippen molar-refractivity contribution in [1.82, 2.24) is 20.3 Å². The number of hydrogen-bond donors (Lipinski definition) is 2. The normalized spacial score (nSPS) is 16.9. The van der Waals surface area contributed by atoms with Crippen molar-refractivity contribution < 1.29 is 9.53 Å². The maximum atomic E-state index is 12.6. The van der Waals surface area contributed by atoms with Crippen LogP contribution in [0, 0.1) is 6.92 Å². The Hall–Kier alpha value is -3.03. The van der Waals surface area contributed by atoms with Gasteiger partial charge in [-0.25, -0.2) is 0 Å². The van der Waals surface area contributed by atoms with E-state index in [9.17, 15) is 4.79 Å². The molecule has 1 saturated heterocycles. The first kappa shape index (κ1) is 17.4. The molecule has 1 aromatic heterocycles. The Balaban J connectivity index is 1.47. The summed E-state index contributed by atoms with van der Waals surface area (Å²) in [4.78, 5) is 14.1. The molecule has 2 aromatic carbocycles. The molecule has 1 aliphatic rings. The van der Waals surface area contributed by atoms with Crippen LogP contribution in [0.5, 0.6) is 0 Å². The second-order valence-corrected chi connectivity index (χ2v) is 6.40. The first-order valence-electron chi connectivity index (χ1n) is 8.94. The lowest BCUT2D eigenvalue weighted by Gasteiger charge is -2.24. The van der Waals surface area contributed by atoms with E-state index in [0.29, 0.717) is 23.7 Å². The van der Waals surface area contributed by atoms with Crippen LogP contribution in [-0.4, -0.2) is 40.6 Å². The van der Waals surface area contributed by atoms with E-state index in [0.717, 1.165) is 24.3 Å². The number of nitrogens with one attached hydrogen (secondary N) is 2. The molecule has 0 spiro atoms. The number of morpholine rings is 1. The maximum absolute atomic E-state index is 12.6. The lowest BCUT2D eigenvalue weighted by molar-refractivity contribution is 0.0277. The molecule has 7 heteroatoms. The number of hydrogen-bond acceptors (Lipinski definition) is 5. The van der Waals surface area contributed by atoms with Crippen molar-refractivity contribution in [3.05, 3.63) is 71.5 Å². The number of aryl methyl sites for hydroxylation is 1. The summed E-state index contributed by atoms with van der Waals surface area (Å²) in [6.07, 6.45) is 0.0523. The first-order chi connectivity index (χ1) is 13.2. The molecular formula is C20H21N5O2. The van der Waals surface area contributed by atoms with E-state index in [2.05, 4.69) is 20.8 Å². The molecule has 1 atom stereocenters. The van der Waals surface area contributed by atoms with Crippen LogP contribution in [0.4, 0.5) is 5.69 Å². The summed E-state index contributed by atoms with van der Waals surface area (Å²) in [6, 6.07) is 17.2. The van der Waals surface area contributed by atoms with Gasteiger partial charge in [0.1, 0.15) is 0 Å². The Morgan fingerprint density at radius 1 is 1.15 bits per heavy atom. The third-order valence-corrected chi connectivity index (χ3v) is 4.45. The second-order valence-electron chi connectivity index (χ2n) is 6.40. The highest BCUT2D eigenvalue weighted by Crippen LogP contribution is 2.21. The smallest absolute Gasteiger partial charge is 0.278 e. The third-order valence-electron chi connectivity index (χ3n) is 4.45. The Morgan fingerprint density at radius 3 is 2.63 bits per heavy atom. The molecule has 27 heavy (non-hydrogen) atoms. The molecule has 0 radical (unpaired) electrons. The Bertz CT molecular complexity index is 915. The molecule has 0 bridgehead atoms. The molecule has 4 rings (SSSR count). The van der Waals surface area contributed by atoms with Crippen LogP contribution < -0.4 is 10.6 Å². The average molecular weight is 363 g/mol. The fraction of sp³-hybridized carbons (Fsp3) is 0.250. The summed E-state index contributed by atoms with van der Waals surface area (Å²) in [5, 5.41) is 14.9. The number of carbonyl (C=O) groups excluding carboxylic acids is 1. The fourth-order valence-corrected chi connectivity index (χ4v) is 3.02. The number of aromatic nitrogens is 3. The number of anilines is 1. The molecule has 2 heterocycles. The lowest BCUT2D eigenvalue weighted by Crippen LogP contribution is -2.33. The van der Waals surface area contributed by atoms with Gasteiger partial charge in [-0.2, -0.15) is 9.90 Å². The van der Waals surface area contributed by atoms with E-state index in [-0.39, 0.29) is 12.0 Å². The van der Waals surface area contributed by atoms with Gasteiger partial charge in [0.05, 0.1) is 24.1 Å².